The fraction of sp³-hybridized carbons (Fsp3) is 0.240. The molecule has 170 valence electrons. The van der Waals surface area contributed by atoms with E-state index in [1.165, 1.54) is 11.3 Å². The average molecular weight is 465 g/mol. The summed E-state index contributed by atoms with van der Waals surface area (Å²) in [5, 5.41) is 15.9. The van der Waals surface area contributed by atoms with E-state index in [0.717, 1.165) is 22.3 Å². The van der Waals surface area contributed by atoms with Gasteiger partial charge >= 0.3 is 12.1 Å². The van der Waals surface area contributed by atoms with E-state index in [4.69, 9.17) is 9.84 Å². The topological polar surface area (TPSA) is 105 Å². The lowest BCUT2D eigenvalue weighted by atomic mass is 9.98. The summed E-state index contributed by atoms with van der Waals surface area (Å²) in [6.07, 6.45) is -0.414. The van der Waals surface area contributed by atoms with Crippen LogP contribution in [0.25, 0.3) is 11.1 Å². The van der Waals surface area contributed by atoms with E-state index in [-0.39, 0.29) is 25.5 Å². The summed E-state index contributed by atoms with van der Waals surface area (Å²) < 4.78 is 5.57. The molecule has 1 heterocycles. The highest BCUT2D eigenvalue weighted by Gasteiger charge is 2.30. The Morgan fingerprint density at radius 3 is 2.24 bits per heavy atom. The summed E-state index contributed by atoms with van der Waals surface area (Å²) in [5.74, 6) is -1.40. The van der Waals surface area contributed by atoms with Crippen molar-refractivity contribution in [3.63, 3.8) is 0 Å². The molecule has 1 atom stereocenters. The van der Waals surface area contributed by atoms with Crippen molar-refractivity contribution >= 4 is 29.3 Å². The highest BCUT2D eigenvalue weighted by molar-refractivity contribution is 7.10. The number of amides is 2. The number of ether oxygens (including phenoxy) is 1. The average Bonchev–Trinajstić information content (AvgIpc) is 3.45. The predicted octanol–water partition coefficient (Wildman–Crippen LogP) is 4.31. The van der Waals surface area contributed by atoms with Gasteiger partial charge in [0.25, 0.3) is 0 Å². The van der Waals surface area contributed by atoms with E-state index in [1.54, 1.807) is 12.1 Å². The number of thiophene rings is 1. The Hall–Kier alpha value is -3.65. The van der Waals surface area contributed by atoms with Crippen molar-refractivity contribution in [1.29, 1.82) is 0 Å². The number of carboxylic acid groups (broad SMARTS) is 1. The lowest BCUT2D eigenvalue weighted by Gasteiger charge is -2.19. The molecule has 7 nitrogen and oxygen atoms in total. The third-order valence-electron chi connectivity index (χ3n) is 5.56. The van der Waals surface area contributed by atoms with Gasteiger partial charge in [-0.25, -0.2) is 4.79 Å². The van der Waals surface area contributed by atoms with Crippen molar-refractivity contribution in [2.24, 2.45) is 0 Å². The number of alkyl carbamates (subject to hydrolysis) is 1. The number of hydrogen-bond acceptors (Lipinski definition) is 5. The van der Waals surface area contributed by atoms with E-state index in [1.807, 2.05) is 41.8 Å². The molecule has 0 aliphatic heterocycles. The lowest BCUT2D eigenvalue weighted by Crippen LogP contribution is -2.41. The van der Waals surface area contributed by atoms with Crippen LogP contribution in [0.2, 0.25) is 0 Å². The molecule has 0 saturated carbocycles. The summed E-state index contributed by atoms with van der Waals surface area (Å²) in [6.45, 7) is 0.358. The van der Waals surface area contributed by atoms with Gasteiger partial charge < -0.3 is 20.5 Å². The maximum absolute atomic E-state index is 12.7. The first-order valence-corrected chi connectivity index (χ1v) is 11.6. The zero-order valence-electron chi connectivity index (χ0n) is 17.8. The molecule has 1 aliphatic carbocycles. The monoisotopic (exact) mass is 464 g/mol. The summed E-state index contributed by atoms with van der Waals surface area (Å²) >= 11 is 1.35. The van der Waals surface area contributed by atoms with Crippen molar-refractivity contribution in [2.45, 2.75) is 24.8 Å². The Kier molecular flexibility index (Phi) is 7.04. The Bertz CT molecular complexity index is 1100. The van der Waals surface area contributed by atoms with E-state index in [9.17, 15) is 14.4 Å². The predicted molar refractivity (Wildman–Crippen MR) is 125 cm³/mol. The molecular weight excluding hydrogens is 440 g/mol. The van der Waals surface area contributed by atoms with E-state index < -0.39 is 24.0 Å². The van der Waals surface area contributed by atoms with Gasteiger partial charge in [0, 0.05) is 23.8 Å². The van der Waals surface area contributed by atoms with E-state index in [0.29, 0.717) is 11.3 Å². The van der Waals surface area contributed by atoms with Crippen molar-refractivity contribution in [3.05, 3.63) is 82.0 Å². The molecule has 0 radical (unpaired) electrons. The quantitative estimate of drug-likeness (QED) is 0.410. The normalized spacial score (nSPS) is 13.0. The molecular formula is C25H24N2O5S. The zero-order valence-corrected chi connectivity index (χ0v) is 18.6. The third-order valence-corrected chi connectivity index (χ3v) is 6.50. The fourth-order valence-electron chi connectivity index (χ4n) is 4.03. The van der Waals surface area contributed by atoms with Crippen LogP contribution in [0, 0.1) is 0 Å². The number of fused-ring (bicyclic) bond motifs is 3. The second-order valence-corrected chi connectivity index (χ2v) is 8.69. The van der Waals surface area contributed by atoms with Gasteiger partial charge in [0.2, 0.25) is 5.91 Å². The summed E-state index contributed by atoms with van der Waals surface area (Å²) in [6, 6.07) is 18.8. The van der Waals surface area contributed by atoms with Crippen molar-refractivity contribution < 1.29 is 24.2 Å². The van der Waals surface area contributed by atoms with Crippen LogP contribution in [0.5, 0.6) is 0 Å². The van der Waals surface area contributed by atoms with Crippen molar-refractivity contribution in [1.82, 2.24) is 10.6 Å². The highest BCUT2D eigenvalue weighted by Crippen LogP contribution is 2.44. The molecule has 4 rings (SSSR count). The largest absolute Gasteiger partial charge is 0.481 e. The number of rotatable bonds is 9. The Morgan fingerprint density at radius 2 is 1.64 bits per heavy atom. The minimum absolute atomic E-state index is 0.0379. The van der Waals surface area contributed by atoms with Crippen LogP contribution >= 0.6 is 11.3 Å². The Labute approximate surface area is 195 Å². The summed E-state index contributed by atoms with van der Waals surface area (Å²) in [4.78, 5) is 36.7. The number of aliphatic carboxylic acids is 1. The van der Waals surface area contributed by atoms with Crippen LogP contribution < -0.4 is 10.6 Å². The van der Waals surface area contributed by atoms with Gasteiger partial charge in [-0.3, -0.25) is 9.59 Å². The van der Waals surface area contributed by atoms with Gasteiger partial charge in [-0.2, -0.15) is 0 Å². The molecule has 0 saturated heterocycles. The highest BCUT2D eigenvalue weighted by atomic mass is 32.1. The second-order valence-electron chi connectivity index (χ2n) is 7.71. The van der Waals surface area contributed by atoms with Crippen LogP contribution in [0.3, 0.4) is 0 Å². The smallest absolute Gasteiger partial charge is 0.408 e. The van der Waals surface area contributed by atoms with Gasteiger partial charge in [-0.15, -0.1) is 11.3 Å². The third kappa shape index (κ3) is 5.23. The first-order valence-electron chi connectivity index (χ1n) is 10.7. The molecule has 1 aromatic heterocycles. The molecule has 0 bridgehead atoms. The standard InChI is InChI=1S/C25H24N2O5S/c28-22(29)12-5-13-26-24(30)23(21-11-6-14-33-21)27-25(31)32-15-20-18-9-3-1-7-16(18)17-8-2-4-10-19(17)20/h1-4,6-11,14,20,23H,5,12-13,15H2,(H,26,30)(H,27,31)(H,28,29). The maximum atomic E-state index is 12.7. The van der Waals surface area contributed by atoms with E-state index >= 15 is 0 Å². The van der Waals surface area contributed by atoms with Gasteiger partial charge in [0.05, 0.1) is 0 Å². The molecule has 3 N–H and O–H groups in total. The first kappa shape index (κ1) is 22.5. The maximum Gasteiger partial charge on any atom is 0.408 e. The summed E-state index contributed by atoms with van der Waals surface area (Å²) in [5.41, 5.74) is 4.49. The van der Waals surface area contributed by atoms with Crippen LogP contribution in [0.1, 0.15) is 40.8 Å². The van der Waals surface area contributed by atoms with Crippen LogP contribution in [-0.2, 0) is 14.3 Å². The molecule has 33 heavy (non-hydrogen) atoms. The minimum Gasteiger partial charge on any atom is -0.481 e. The second kappa shape index (κ2) is 10.3. The molecule has 2 amide bonds. The Balaban J connectivity index is 1.40. The van der Waals surface area contributed by atoms with Gasteiger partial charge in [-0.05, 0) is 40.1 Å². The Morgan fingerprint density at radius 1 is 0.970 bits per heavy atom. The number of carbonyl (C=O) groups excluding carboxylic acids is 2. The zero-order chi connectivity index (χ0) is 23.2. The van der Waals surface area contributed by atoms with Crippen LogP contribution in [0.15, 0.2) is 66.0 Å². The number of hydrogen-bond donors (Lipinski definition) is 3. The molecule has 0 spiro atoms. The van der Waals surface area contributed by atoms with Crippen molar-refractivity contribution in [3.8, 4) is 11.1 Å². The summed E-state index contributed by atoms with van der Waals surface area (Å²) in [7, 11) is 0. The number of benzene rings is 2. The number of carbonyl (C=O) groups is 3. The number of nitrogens with one attached hydrogen (secondary N) is 2. The van der Waals surface area contributed by atoms with Crippen molar-refractivity contribution in [2.75, 3.05) is 13.2 Å². The minimum atomic E-state index is -0.921. The fourth-order valence-corrected chi connectivity index (χ4v) is 4.81. The van der Waals surface area contributed by atoms with Crippen LogP contribution in [0.4, 0.5) is 4.79 Å². The lowest BCUT2D eigenvalue weighted by molar-refractivity contribution is -0.137. The van der Waals surface area contributed by atoms with Crippen LogP contribution in [-0.4, -0.2) is 36.2 Å². The molecule has 2 aromatic carbocycles. The number of carboxylic acids is 1. The molecule has 8 heteroatoms. The SMILES string of the molecule is O=C(O)CCCNC(=O)C(NC(=O)OCC1c2ccccc2-c2ccccc21)c1cccs1. The molecule has 1 unspecified atom stereocenters. The molecule has 0 fully saturated rings. The molecule has 3 aromatic rings. The van der Waals surface area contributed by atoms with Gasteiger partial charge in [0.15, 0.2) is 0 Å². The van der Waals surface area contributed by atoms with E-state index in [2.05, 4.69) is 22.8 Å². The molecule has 1 aliphatic rings. The first-order chi connectivity index (χ1) is 16.0. The van der Waals surface area contributed by atoms with Gasteiger partial charge in [-0.1, -0.05) is 54.6 Å². The van der Waals surface area contributed by atoms with Gasteiger partial charge in [0.1, 0.15) is 12.6 Å².